The maximum Gasteiger partial charge on any atom is 0.320 e. The molecule has 1 aliphatic rings. The summed E-state index contributed by atoms with van der Waals surface area (Å²) in [6.07, 6.45) is 2.08. The molecular weight excluding hydrogens is 538 g/mol. The van der Waals surface area contributed by atoms with E-state index in [-0.39, 0.29) is 32.5 Å². The Morgan fingerprint density at radius 2 is 2.00 bits per heavy atom. The first-order valence-electron chi connectivity index (χ1n) is 11.9. The minimum atomic E-state index is -4.37. The molecule has 2 atom stereocenters. The van der Waals surface area contributed by atoms with E-state index < -0.39 is 45.6 Å². The van der Waals surface area contributed by atoms with Crippen LogP contribution >= 0.6 is 11.6 Å². The summed E-state index contributed by atoms with van der Waals surface area (Å²) < 4.78 is 27.5. The topological polar surface area (TPSA) is 186 Å². The van der Waals surface area contributed by atoms with Crippen LogP contribution in [0.15, 0.2) is 42.6 Å². The fraction of sp³-hybridized carbons (Fsp3) is 0.417. The highest BCUT2D eigenvalue weighted by Gasteiger charge is 2.38. The van der Waals surface area contributed by atoms with Crippen LogP contribution in [-0.4, -0.2) is 60.6 Å². The van der Waals surface area contributed by atoms with Crippen LogP contribution in [0.2, 0.25) is 5.02 Å². The first-order chi connectivity index (χ1) is 18.0. The zero-order chi connectivity index (χ0) is 27.9. The number of amides is 2. The zero-order valence-corrected chi connectivity index (χ0v) is 22.1. The number of carboxylic acid groups (broad SMARTS) is 1. The number of nitrogens with two attached hydrogens (primary N) is 1. The average molecular weight is 568 g/mol. The number of rotatable bonds is 12. The van der Waals surface area contributed by atoms with E-state index >= 15 is 0 Å². The van der Waals surface area contributed by atoms with Crippen molar-refractivity contribution in [3.8, 4) is 0 Å². The maximum absolute atomic E-state index is 13.5. The normalized spacial score (nSPS) is 16.3. The molecule has 0 bridgehead atoms. The molecule has 1 saturated heterocycles. The van der Waals surface area contributed by atoms with E-state index in [1.54, 1.807) is 24.3 Å². The Morgan fingerprint density at radius 1 is 1.24 bits per heavy atom. The number of aryl methyl sites for hydroxylation is 1. The van der Waals surface area contributed by atoms with Crippen LogP contribution in [0.1, 0.15) is 36.1 Å². The number of halogens is 1. The van der Waals surface area contributed by atoms with Gasteiger partial charge >= 0.3 is 5.97 Å². The summed E-state index contributed by atoms with van der Waals surface area (Å²) in [6.45, 7) is 0.599. The molecule has 1 aromatic heterocycles. The molecule has 14 heteroatoms. The SMILES string of the molecule is NCc1ccc(Cl)cc1CNC(=O)[C@@H]1CCCN1C(=O)[C@@H](CCc1cccc[n+]1[O-])NS(=O)(=O)CC(=O)O. The van der Waals surface area contributed by atoms with E-state index in [2.05, 4.69) is 10.0 Å². The molecular formula is C24H30ClN5O7S. The minimum absolute atomic E-state index is 0.0394. The van der Waals surface area contributed by atoms with Gasteiger partial charge in [-0.1, -0.05) is 23.7 Å². The highest BCUT2D eigenvalue weighted by Crippen LogP contribution is 2.21. The molecule has 0 spiro atoms. The lowest BCUT2D eigenvalue weighted by Crippen LogP contribution is -2.54. The Bertz CT molecular complexity index is 1290. The summed E-state index contributed by atoms with van der Waals surface area (Å²) >= 11 is 6.06. The quantitative estimate of drug-likeness (QED) is 0.204. The zero-order valence-electron chi connectivity index (χ0n) is 20.5. The van der Waals surface area contributed by atoms with Crippen LogP contribution in [0.3, 0.4) is 0 Å². The fourth-order valence-corrected chi connectivity index (χ4v) is 5.62. The van der Waals surface area contributed by atoms with Crippen LogP contribution in [-0.2, 0) is 43.9 Å². The number of likely N-dealkylation sites (tertiary alicyclic amines) is 1. The molecule has 3 rings (SSSR count). The molecule has 38 heavy (non-hydrogen) atoms. The van der Waals surface area contributed by atoms with E-state index in [1.165, 1.54) is 23.2 Å². The molecule has 0 radical (unpaired) electrons. The molecule has 0 aliphatic carbocycles. The van der Waals surface area contributed by atoms with Gasteiger partial charge < -0.3 is 26.3 Å². The number of nitrogens with zero attached hydrogens (tertiary/aromatic N) is 2. The molecule has 206 valence electrons. The highest BCUT2D eigenvalue weighted by molar-refractivity contribution is 7.90. The van der Waals surface area contributed by atoms with Crippen molar-refractivity contribution in [1.82, 2.24) is 14.9 Å². The van der Waals surface area contributed by atoms with Crippen molar-refractivity contribution in [3.63, 3.8) is 0 Å². The van der Waals surface area contributed by atoms with E-state index in [0.29, 0.717) is 28.3 Å². The molecule has 5 N–H and O–H groups in total. The number of benzene rings is 1. The van der Waals surface area contributed by atoms with Crippen LogP contribution in [0.25, 0.3) is 0 Å². The number of carboxylic acids is 1. The number of carbonyl (C=O) groups is 3. The third-order valence-corrected chi connectivity index (χ3v) is 7.71. The van der Waals surface area contributed by atoms with Gasteiger partial charge in [0.1, 0.15) is 12.1 Å². The Hall–Kier alpha value is -3.26. The van der Waals surface area contributed by atoms with Gasteiger partial charge in [-0.15, -0.1) is 0 Å². The fourth-order valence-electron chi connectivity index (χ4n) is 4.36. The number of hydrogen-bond acceptors (Lipinski definition) is 7. The average Bonchev–Trinajstić information content (AvgIpc) is 3.35. The summed E-state index contributed by atoms with van der Waals surface area (Å²) in [6, 6.07) is 7.63. The van der Waals surface area contributed by atoms with Gasteiger partial charge in [0.25, 0.3) is 0 Å². The number of carbonyl (C=O) groups excluding carboxylic acids is 2. The van der Waals surface area contributed by atoms with Gasteiger partial charge in [0.05, 0.1) is 0 Å². The predicted octanol–water partition coefficient (Wildman–Crippen LogP) is 0.0447. The maximum atomic E-state index is 13.5. The Kier molecular flexibility index (Phi) is 10.0. The van der Waals surface area contributed by atoms with Gasteiger partial charge in [0, 0.05) is 43.2 Å². The number of nitrogens with one attached hydrogen (secondary N) is 2. The second-order valence-electron chi connectivity index (χ2n) is 8.90. The Balaban J connectivity index is 1.76. The molecule has 0 unspecified atom stereocenters. The van der Waals surface area contributed by atoms with Crippen molar-refractivity contribution in [2.75, 3.05) is 12.3 Å². The lowest BCUT2D eigenvalue weighted by molar-refractivity contribution is -0.614. The summed E-state index contributed by atoms with van der Waals surface area (Å²) in [7, 11) is -4.37. The molecule has 1 fully saturated rings. The van der Waals surface area contributed by atoms with Crippen molar-refractivity contribution in [3.05, 3.63) is 69.6 Å². The molecule has 2 amide bonds. The molecule has 0 saturated carbocycles. The van der Waals surface area contributed by atoms with Crippen molar-refractivity contribution in [1.29, 1.82) is 0 Å². The first-order valence-corrected chi connectivity index (χ1v) is 14.0. The smallest absolute Gasteiger partial charge is 0.320 e. The van der Waals surface area contributed by atoms with E-state index in [0.717, 1.165) is 11.1 Å². The number of pyridine rings is 1. The van der Waals surface area contributed by atoms with Gasteiger partial charge in [0.15, 0.2) is 17.6 Å². The van der Waals surface area contributed by atoms with Gasteiger partial charge in [-0.25, -0.2) is 13.1 Å². The molecule has 1 aromatic carbocycles. The van der Waals surface area contributed by atoms with Crippen LogP contribution in [0.5, 0.6) is 0 Å². The van der Waals surface area contributed by atoms with Gasteiger partial charge in [-0.3, -0.25) is 14.4 Å². The van der Waals surface area contributed by atoms with Gasteiger partial charge in [-0.05, 0) is 42.5 Å². The molecule has 1 aliphatic heterocycles. The summed E-state index contributed by atoms with van der Waals surface area (Å²) in [4.78, 5) is 38.9. The third-order valence-electron chi connectivity index (χ3n) is 6.21. The van der Waals surface area contributed by atoms with Gasteiger partial charge in [-0.2, -0.15) is 4.73 Å². The second kappa shape index (κ2) is 13.0. The van der Waals surface area contributed by atoms with Crippen LogP contribution < -0.4 is 20.5 Å². The molecule has 2 heterocycles. The monoisotopic (exact) mass is 567 g/mol. The molecule has 2 aromatic rings. The van der Waals surface area contributed by atoms with E-state index in [1.807, 2.05) is 0 Å². The van der Waals surface area contributed by atoms with Crippen molar-refractivity contribution in [2.45, 2.75) is 50.9 Å². The van der Waals surface area contributed by atoms with Crippen LogP contribution in [0.4, 0.5) is 0 Å². The minimum Gasteiger partial charge on any atom is -0.619 e. The lowest BCUT2D eigenvalue weighted by Gasteiger charge is -2.28. The third kappa shape index (κ3) is 7.87. The summed E-state index contributed by atoms with van der Waals surface area (Å²) in [5, 5.41) is 24.3. The first kappa shape index (κ1) is 29.3. The highest BCUT2D eigenvalue weighted by atomic mass is 35.5. The number of aromatic nitrogens is 1. The summed E-state index contributed by atoms with van der Waals surface area (Å²) in [5.41, 5.74) is 7.60. The van der Waals surface area contributed by atoms with Crippen molar-refractivity contribution >= 4 is 39.4 Å². The van der Waals surface area contributed by atoms with Crippen molar-refractivity contribution < 1.29 is 32.6 Å². The number of hydrogen-bond donors (Lipinski definition) is 4. The largest absolute Gasteiger partial charge is 0.619 e. The van der Waals surface area contributed by atoms with E-state index in [9.17, 15) is 28.0 Å². The lowest BCUT2D eigenvalue weighted by atomic mass is 10.1. The van der Waals surface area contributed by atoms with Crippen molar-refractivity contribution in [2.24, 2.45) is 5.73 Å². The Morgan fingerprint density at radius 3 is 2.68 bits per heavy atom. The second-order valence-corrected chi connectivity index (χ2v) is 11.1. The standard InChI is InChI=1S/C24H30ClN5O7S/c25-18-7-6-16(13-26)17(12-18)14-27-23(33)21-5-3-10-29(21)24(34)20(28-38(36,37)15-22(31)32)9-8-19-4-1-2-11-30(19)35/h1-2,4,6-7,11-12,20-21,28H,3,5,8-10,13-15,26H2,(H,27,33)(H,31,32)/t20-,21+/m1/s1. The summed E-state index contributed by atoms with van der Waals surface area (Å²) in [5.74, 6) is -3.90. The number of sulfonamides is 1. The van der Waals surface area contributed by atoms with Gasteiger partial charge in [0.2, 0.25) is 21.8 Å². The predicted molar refractivity (Wildman–Crippen MR) is 138 cm³/mol. The van der Waals surface area contributed by atoms with Crippen LogP contribution in [0, 0.1) is 5.21 Å². The molecule has 12 nitrogen and oxygen atoms in total. The number of aliphatic carboxylic acids is 1. The van der Waals surface area contributed by atoms with E-state index in [4.69, 9.17) is 22.4 Å². The Labute approximate surface area is 225 Å².